The Morgan fingerprint density at radius 1 is 1.32 bits per heavy atom. The first-order valence-electron chi connectivity index (χ1n) is 6.18. The van der Waals surface area contributed by atoms with Gasteiger partial charge in [-0.05, 0) is 18.1 Å². The molecule has 0 atom stereocenters. The summed E-state index contributed by atoms with van der Waals surface area (Å²) in [5, 5.41) is 2.96. The van der Waals surface area contributed by atoms with Gasteiger partial charge in [-0.3, -0.25) is 9.59 Å². The third-order valence-electron chi connectivity index (χ3n) is 2.58. The normalized spacial score (nSPS) is 10.4. The van der Waals surface area contributed by atoms with E-state index in [1.165, 1.54) is 0 Å². The molecule has 0 aromatic heterocycles. The van der Waals surface area contributed by atoms with Crippen molar-refractivity contribution in [2.75, 3.05) is 20.1 Å². The third-order valence-corrected chi connectivity index (χ3v) is 2.91. The quantitative estimate of drug-likeness (QED) is 0.900. The molecule has 0 spiro atoms. The van der Waals surface area contributed by atoms with Gasteiger partial charge in [0.15, 0.2) is 0 Å². The van der Waals surface area contributed by atoms with Gasteiger partial charge >= 0.3 is 0 Å². The minimum atomic E-state index is -0.336. The minimum Gasteiger partial charge on any atom is -0.344 e. The second kappa shape index (κ2) is 7.14. The average molecular weight is 283 g/mol. The highest BCUT2D eigenvalue weighted by molar-refractivity contribution is 6.33. The van der Waals surface area contributed by atoms with Crippen molar-refractivity contribution in [2.45, 2.75) is 13.8 Å². The Morgan fingerprint density at radius 3 is 2.53 bits per heavy atom. The van der Waals surface area contributed by atoms with Gasteiger partial charge in [0.25, 0.3) is 5.91 Å². The van der Waals surface area contributed by atoms with E-state index >= 15 is 0 Å². The predicted molar refractivity (Wildman–Crippen MR) is 76.3 cm³/mol. The van der Waals surface area contributed by atoms with E-state index in [1.807, 2.05) is 13.8 Å². The Hall–Kier alpha value is -1.55. The highest BCUT2D eigenvalue weighted by Crippen LogP contribution is 2.14. The van der Waals surface area contributed by atoms with Crippen LogP contribution < -0.4 is 5.32 Å². The number of hydrogen-bond donors (Lipinski definition) is 1. The van der Waals surface area contributed by atoms with E-state index in [2.05, 4.69) is 5.32 Å². The van der Waals surface area contributed by atoms with Crippen LogP contribution in [0.4, 0.5) is 0 Å². The van der Waals surface area contributed by atoms with E-state index in [0.717, 1.165) is 0 Å². The topological polar surface area (TPSA) is 49.4 Å². The molecule has 0 saturated carbocycles. The lowest BCUT2D eigenvalue weighted by atomic mass is 10.2. The number of carbonyl (C=O) groups excluding carboxylic acids is 2. The molecule has 1 aromatic rings. The largest absolute Gasteiger partial charge is 0.344 e. The van der Waals surface area contributed by atoms with Crippen LogP contribution in [0.2, 0.25) is 5.02 Å². The molecule has 0 heterocycles. The summed E-state index contributed by atoms with van der Waals surface area (Å²) >= 11 is 5.91. The summed E-state index contributed by atoms with van der Waals surface area (Å²) in [6.45, 7) is 4.71. The van der Waals surface area contributed by atoms with Crippen LogP contribution in [0.5, 0.6) is 0 Å². The summed E-state index contributed by atoms with van der Waals surface area (Å²) in [6, 6.07) is 6.75. The lowest BCUT2D eigenvalue weighted by Gasteiger charge is -2.19. The maximum Gasteiger partial charge on any atom is 0.253 e. The molecule has 1 aromatic carbocycles. The zero-order chi connectivity index (χ0) is 14.4. The number of hydrogen-bond acceptors (Lipinski definition) is 2. The van der Waals surface area contributed by atoms with Gasteiger partial charge in [-0.1, -0.05) is 37.6 Å². The van der Waals surface area contributed by atoms with Crippen molar-refractivity contribution in [2.24, 2.45) is 5.92 Å². The van der Waals surface area contributed by atoms with E-state index in [9.17, 15) is 9.59 Å². The molecule has 0 aliphatic heterocycles. The Labute approximate surface area is 118 Å². The monoisotopic (exact) mass is 282 g/mol. The molecule has 0 radical (unpaired) electrons. The smallest absolute Gasteiger partial charge is 0.253 e. The Balaban J connectivity index is 2.51. The van der Waals surface area contributed by atoms with Crippen LogP contribution in [0.1, 0.15) is 24.2 Å². The Bertz CT molecular complexity index is 461. The first-order valence-corrected chi connectivity index (χ1v) is 6.56. The third kappa shape index (κ3) is 4.91. The molecule has 5 heteroatoms. The fraction of sp³-hybridized carbons (Fsp3) is 0.429. The molecule has 0 bridgehead atoms. The molecule has 0 fully saturated rings. The standard InChI is InChI=1S/C14H19ClN2O2/c1-10(2)9-17(3)13(18)8-16-14(19)11-6-4-5-7-12(11)15/h4-7,10H,8-9H2,1-3H3,(H,16,19). The van der Waals surface area contributed by atoms with Crippen molar-refractivity contribution in [1.29, 1.82) is 0 Å². The van der Waals surface area contributed by atoms with Crippen molar-refractivity contribution in [3.63, 3.8) is 0 Å². The van der Waals surface area contributed by atoms with Crippen LogP contribution in [0.25, 0.3) is 0 Å². The molecular formula is C14H19ClN2O2. The van der Waals surface area contributed by atoms with Gasteiger partial charge in [-0.15, -0.1) is 0 Å². The number of benzene rings is 1. The number of nitrogens with one attached hydrogen (secondary N) is 1. The van der Waals surface area contributed by atoms with E-state index in [1.54, 1.807) is 36.2 Å². The summed E-state index contributed by atoms with van der Waals surface area (Å²) in [5.41, 5.74) is 0.378. The molecule has 2 amide bonds. The summed E-state index contributed by atoms with van der Waals surface area (Å²) in [7, 11) is 1.73. The summed E-state index contributed by atoms with van der Waals surface area (Å²) in [5.74, 6) is -0.0563. The predicted octanol–water partition coefficient (Wildman–Crippen LogP) is 2.18. The lowest BCUT2D eigenvalue weighted by molar-refractivity contribution is -0.129. The van der Waals surface area contributed by atoms with Crippen LogP contribution in [0, 0.1) is 5.92 Å². The SMILES string of the molecule is CC(C)CN(C)C(=O)CNC(=O)c1ccccc1Cl. The zero-order valence-electron chi connectivity index (χ0n) is 11.4. The van der Waals surface area contributed by atoms with Crippen LogP contribution in [0.3, 0.4) is 0 Å². The molecule has 4 nitrogen and oxygen atoms in total. The van der Waals surface area contributed by atoms with E-state index in [-0.39, 0.29) is 18.4 Å². The van der Waals surface area contributed by atoms with E-state index in [4.69, 9.17) is 11.6 Å². The van der Waals surface area contributed by atoms with Crippen LogP contribution in [-0.4, -0.2) is 36.9 Å². The summed E-state index contributed by atoms with van der Waals surface area (Å²) in [4.78, 5) is 25.2. The first-order chi connectivity index (χ1) is 8.91. The lowest BCUT2D eigenvalue weighted by Crippen LogP contribution is -2.39. The average Bonchev–Trinajstić information content (AvgIpc) is 2.35. The van der Waals surface area contributed by atoms with Gasteiger partial charge in [0.1, 0.15) is 0 Å². The molecular weight excluding hydrogens is 264 g/mol. The van der Waals surface area contributed by atoms with Crippen LogP contribution in [0.15, 0.2) is 24.3 Å². The van der Waals surface area contributed by atoms with E-state index in [0.29, 0.717) is 23.0 Å². The van der Waals surface area contributed by atoms with Gasteiger partial charge in [-0.25, -0.2) is 0 Å². The second-order valence-corrected chi connectivity index (χ2v) is 5.24. The van der Waals surface area contributed by atoms with Gasteiger partial charge in [-0.2, -0.15) is 0 Å². The van der Waals surface area contributed by atoms with Crippen molar-refractivity contribution in [3.05, 3.63) is 34.9 Å². The van der Waals surface area contributed by atoms with Crippen molar-refractivity contribution in [1.82, 2.24) is 10.2 Å². The van der Waals surface area contributed by atoms with Gasteiger partial charge in [0.05, 0.1) is 17.1 Å². The highest BCUT2D eigenvalue weighted by atomic mass is 35.5. The molecule has 0 unspecified atom stereocenters. The summed E-state index contributed by atoms with van der Waals surface area (Å²) in [6.07, 6.45) is 0. The number of carbonyl (C=O) groups is 2. The number of nitrogens with zero attached hydrogens (tertiary/aromatic N) is 1. The molecule has 19 heavy (non-hydrogen) atoms. The minimum absolute atomic E-state index is 0.0206. The number of rotatable bonds is 5. The van der Waals surface area contributed by atoms with Crippen molar-refractivity contribution < 1.29 is 9.59 Å². The Morgan fingerprint density at radius 2 is 1.95 bits per heavy atom. The molecule has 1 N–H and O–H groups in total. The van der Waals surface area contributed by atoms with Crippen LogP contribution >= 0.6 is 11.6 Å². The zero-order valence-corrected chi connectivity index (χ0v) is 12.2. The number of likely N-dealkylation sites (N-methyl/N-ethyl adjacent to an activating group) is 1. The van der Waals surface area contributed by atoms with Crippen molar-refractivity contribution in [3.8, 4) is 0 Å². The number of halogens is 1. The number of amides is 2. The molecule has 104 valence electrons. The van der Waals surface area contributed by atoms with Crippen LogP contribution in [-0.2, 0) is 4.79 Å². The molecule has 0 aliphatic rings. The fourth-order valence-corrected chi connectivity index (χ4v) is 1.90. The fourth-order valence-electron chi connectivity index (χ4n) is 1.68. The summed E-state index contributed by atoms with van der Waals surface area (Å²) < 4.78 is 0. The Kier molecular flexibility index (Phi) is 5.83. The van der Waals surface area contributed by atoms with Gasteiger partial charge < -0.3 is 10.2 Å². The first kappa shape index (κ1) is 15.5. The highest BCUT2D eigenvalue weighted by Gasteiger charge is 2.13. The molecule has 0 saturated heterocycles. The van der Waals surface area contributed by atoms with E-state index < -0.39 is 0 Å². The molecule has 1 rings (SSSR count). The maximum atomic E-state index is 11.8. The van der Waals surface area contributed by atoms with Crippen molar-refractivity contribution >= 4 is 23.4 Å². The molecule has 0 aliphatic carbocycles. The maximum absolute atomic E-state index is 11.8. The van der Waals surface area contributed by atoms with Gasteiger partial charge in [0.2, 0.25) is 5.91 Å². The second-order valence-electron chi connectivity index (χ2n) is 4.83. The van der Waals surface area contributed by atoms with Gasteiger partial charge in [0, 0.05) is 13.6 Å².